The van der Waals surface area contributed by atoms with Crippen LogP contribution in [0.5, 0.6) is 0 Å². The zero-order valence-electron chi connectivity index (χ0n) is 37.8. The summed E-state index contributed by atoms with van der Waals surface area (Å²) >= 11 is 0. The molecule has 0 aliphatic heterocycles. The molecule has 0 aliphatic rings. The van der Waals surface area contributed by atoms with Crippen LogP contribution in [0.15, 0.2) is 177 Å². The Bertz CT molecular complexity index is 3310. The maximum atomic E-state index is 6.44. The van der Waals surface area contributed by atoms with Gasteiger partial charge in [0, 0.05) is 33.8 Å². The first-order valence-electron chi connectivity index (χ1n) is 22.0. The Hall–Kier alpha value is -8.84. The topological polar surface area (TPSA) is 108 Å². The fourth-order valence-corrected chi connectivity index (χ4v) is 9.68. The fourth-order valence-electron chi connectivity index (χ4n) is 9.68. The lowest BCUT2D eigenvalue weighted by Gasteiger charge is -2.26. The number of rotatable bonds is 9. The Balaban J connectivity index is 0.879. The third-order valence-corrected chi connectivity index (χ3v) is 13.0. The van der Waals surface area contributed by atoms with E-state index in [1.807, 2.05) is 115 Å². The normalized spacial score (nSPS) is 11.7. The van der Waals surface area contributed by atoms with E-state index >= 15 is 0 Å². The maximum absolute atomic E-state index is 6.44. The minimum Gasteiger partial charge on any atom is -0.428 e. The van der Waals surface area contributed by atoms with E-state index in [0.717, 1.165) is 84.3 Å². The van der Waals surface area contributed by atoms with Crippen molar-refractivity contribution in [3.05, 3.63) is 164 Å². The van der Waals surface area contributed by atoms with E-state index in [4.69, 9.17) is 28.2 Å². The van der Waals surface area contributed by atoms with Crippen molar-refractivity contribution in [3.8, 4) is 69.1 Å². The van der Waals surface area contributed by atoms with E-state index in [-0.39, 0.29) is 0 Å². The minimum atomic E-state index is 0.539. The van der Waals surface area contributed by atoms with Crippen molar-refractivity contribution in [1.29, 1.82) is 0 Å². The van der Waals surface area contributed by atoms with E-state index in [1.165, 1.54) is 0 Å². The fraction of sp³-hybridized carbons (Fsp3) is 0.111. The van der Waals surface area contributed by atoms with Crippen LogP contribution in [0.2, 0.25) is 0 Å². The van der Waals surface area contributed by atoms with Crippen molar-refractivity contribution in [2.75, 3.05) is 4.90 Å². The number of fused-ring (bicyclic) bond motifs is 3. The Morgan fingerprint density at radius 3 is 0.910 bits per heavy atom. The predicted octanol–water partition coefficient (Wildman–Crippen LogP) is 10.1. The molecule has 0 fully saturated rings. The number of para-hydroxylation sites is 6. The van der Waals surface area contributed by atoms with Gasteiger partial charge in [-0.05, 0) is 109 Å². The number of nitrogens with zero attached hydrogens (tertiary/aromatic N) is 10. The molecule has 0 atom stereocenters. The zero-order chi connectivity index (χ0) is 45.5. The number of anilines is 3. The number of hydrogen-bond acceptors (Lipinski definition) is 7. The average molecular weight is 882 g/mol. The van der Waals surface area contributed by atoms with E-state index < -0.39 is 0 Å². The molecular formula is C54H45N10O3+3. The molecule has 0 bridgehead atoms. The first kappa shape index (κ1) is 39.7. The number of oxazole rings is 3. The molecule has 6 aromatic carbocycles. The van der Waals surface area contributed by atoms with Gasteiger partial charge >= 0.3 is 17.5 Å². The maximum Gasteiger partial charge on any atom is 0.327 e. The van der Waals surface area contributed by atoms with Gasteiger partial charge in [-0.1, -0.05) is 36.4 Å². The van der Waals surface area contributed by atoms with Crippen LogP contribution in [0.25, 0.3) is 102 Å². The molecule has 0 saturated heterocycles. The lowest BCUT2D eigenvalue weighted by Crippen LogP contribution is -2.29. The van der Waals surface area contributed by atoms with Gasteiger partial charge in [0.2, 0.25) is 35.0 Å². The van der Waals surface area contributed by atoms with Crippen LogP contribution >= 0.6 is 0 Å². The summed E-state index contributed by atoms with van der Waals surface area (Å²) < 4.78 is 32.1. The Morgan fingerprint density at radius 1 is 0.373 bits per heavy atom. The van der Waals surface area contributed by atoms with E-state index in [0.29, 0.717) is 35.0 Å². The lowest BCUT2D eigenvalue weighted by molar-refractivity contribution is -0.634. The average Bonchev–Trinajstić information content (AvgIpc) is 4.25. The molecule has 67 heavy (non-hydrogen) atoms. The molecule has 13 heteroatoms. The van der Waals surface area contributed by atoms with Crippen molar-refractivity contribution in [2.24, 2.45) is 42.3 Å². The zero-order valence-corrected chi connectivity index (χ0v) is 37.8. The molecule has 0 saturated carbocycles. The number of imidazole rings is 3. The van der Waals surface area contributed by atoms with Crippen LogP contribution in [0, 0.1) is 0 Å². The van der Waals surface area contributed by atoms with Gasteiger partial charge in [0.1, 0.15) is 0 Å². The molecule has 12 rings (SSSR count). The van der Waals surface area contributed by atoms with Gasteiger partial charge in [-0.15, -0.1) is 0 Å². The molecule has 0 amide bonds. The lowest BCUT2D eigenvalue weighted by atomic mass is 10.1. The molecule has 12 aromatic rings. The minimum absolute atomic E-state index is 0.539. The predicted molar refractivity (Wildman–Crippen MR) is 257 cm³/mol. The summed E-state index contributed by atoms with van der Waals surface area (Å²) in [7, 11) is 12.3. The first-order valence-corrected chi connectivity index (χ1v) is 22.0. The van der Waals surface area contributed by atoms with Gasteiger partial charge in [0.25, 0.3) is 0 Å². The molecule has 0 radical (unpaired) electrons. The molecule has 0 spiro atoms. The molecule has 6 aromatic heterocycles. The summed E-state index contributed by atoms with van der Waals surface area (Å²) in [5.74, 6) is 6.48. The molecule has 0 unspecified atom stereocenters. The summed E-state index contributed by atoms with van der Waals surface area (Å²) in [5.41, 5.74) is 12.1. The number of aromatic nitrogens is 9. The first-order chi connectivity index (χ1) is 32.7. The van der Waals surface area contributed by atoms with Crippen LogP contribution in [-0.2, 0) is 42.3 Å². The Kier molecular flexibility index (Phi) is 9.14. The highest BCUT2D eigenvalue weighted by Gasteiger charge is 2.28. The number of aryl methyl sites for hydroxylation is 6. The highest BCUT2D eigenvalue weighted by molar-refractivity contribution is 5.81. The van der Waals surface area contributed by atoms with Crippen LogP contribution in [0.1, 0.15) is 0 Å². The molecular weight excluding hydrogens is 837 g/mol. The van der Waals surface area contributed by atoms with E-state index in [2.05, 4.69) is 105 Å². The second kappa shape index (κ2) is 15.4. The standard InChI is InChI=1S/C54H45N10O3/c1-58-40-13-7-8-14-41(40)59(2)52(58)46-31-55-49(65-46)34-19-25-37(26-20-34)64(38-27-21-35(22-28-38)50-56-32-47(66-50)53-60(3)42-15-9-10-16-43(42)61(53)4)39-29-23-36(24-30-39)51-57-33-48(67-51)54-62(5)44-17-11-12-18-45(44)63(54)6/h7-33H,1-6H3/q+3. The molecule has 326 valence electrons. The third-order valence-electron chi connectivity index (χ3n) is 13.0. The highest BCUT2D eigenvalue weighted by Crippen LogP contribution is 2.39. The van der Waals surface area contributed by atoms with Gasteiger partial charge in [-0.2, -0.15) is 0 Å². The summed E-state index contributed by atoms with van der Waals surface area (Å²) in [4.78, 5) is 16.4. The second-order valence-corrected chi connectivity index (χ2v) is 16.9. The van der Waals surface area contributed by atoms with Gasteiger partial charge < -0.3 is 18.2 Å². The van der Waals surface area contributed by atoms with E-state index in [1.54, 1.807) is 18.6 Å². The van der Waals surface area contributed by atoms with Crippen molar-refractivity contribution in [3.63, 3.8) is 0 Å². The largest absolute Gasteiger partial charge is 0.428 e. The molecule has 13 nitrogen and oxygen atoms in total. The van der Waals surface area contributed by atoms with Gasteiger partial charge in [0.05, 0.1) is 60.9 Å². The van der Waals surface area contributed by atoms with Crippen LogP contribution in [0.4, 0.5) is 17.1 Å². The van der Waals surface area contributed by atoms with Crippen LogP contribution < -0.4 is 18.6 Å². The number of hydrogen-bond donors (Lipinski definition) is 0. The van der Waals surface area contributed by atoms with Crippen molar-refractivity contribution in [2.45, 2.75) is 0 Å². The van der Waals surface area contributed by atoms with Crippen LogP contribution in [0.3, 0.4) is 0 Å². The van der Waals surface area contributed by atoms with Crippen molar-refractivity contribution in [1.82, 2.24) is 28.7 Å². The van der Waals surface area contributed by atoms with E-state index in [9.17, 15) is 0 Å². The SMILES string of the molecule is Cn1c(-c2cnc(-c3ccc(N(c4ccc(-c5ncc(-c6n(C)c7ccccc7[n+]6C)o5)cc4)c4ccc(-c5ncc(-c6n(C)c7ccccc7[n+]6C)o5)cc4)cc3)o2)[n+](C)c2ccccc21. The summed E-state index contributed by atoms with van der Waals surface area (Å²) in [6.07, 6.45) is 5.39. The van der Waals surface area contributed by atoms with Crippen LogP contribution in [-0.4, -0.2) is 28.7 Å². The van der Waals surface area contributed by atoms with Gasteiger partial charge in [-0.3, -0.25) is 0 Å². The van der Waals surface area contributed by atoms with Crippen molar-refractivity contribution >= 4 is 50.2 Å². The second-order valence-electron chi connectivity index (χ2n) is 16.9. The summed E-state index contributed by atoms with van der Waals surface area (Å²) in [5, 5.41) is 0. The molecule has 6 heterocycles. The molecule has 0 aliphatic carbocycles. The summed E-state index contributed by atoms with van der Waals surface area (Å²) in [6.45, 7) is 0. The van der Waals surface area contributed by atoms with Gasteiger partial charge in [0.15, 0.2) is 33.1 Å². The monoisotopic (exact) mass is 881 g/mol. The van der Waals surface area contributed by atoms with Gasteiger partial charge in [-0.25, -0.2) is 42.4 Å². The quantitative estimate of drug-likeness (QED) is 0.133. The molecule has 0 N–H and O–H groups in total. The smallest absolute Gasteiger partial charge is 0.327 e. The number of benzene rings is 6. The summed E-state index contributed by atoms with van der Waals surface area (Å²) in [6, 6.07) is 49.7. The Labute approximate surface area is 384 Å². The highest BCUT2D eigenvalue weighted by atomic mass is 16.4. The Morgan fingerprint density at radius 2 is 0.642 bits per heavy atom. The van der Waals surface area contributed by atoms with Crippen molar-refractivity contribution < 1.29 is 27.0 Å². The third kappa shape index (κ3) is 6.38.